The van der Waals surface area contributed by atoms with E-state index in [2.05, 4.69) is 25.7 Å². The van der Waals surface area contributed by atoms with Crippen LogP contribution < -0.4 is 20.7 Å². The highest BCUT2D eigenvalue weighted by Gasteiger charge is 2.11. The van der Waals surface area contributed by atoms with Gasteiger partial charge in [0.15, 0.2) is 11.7 Å². The molecule has 0 aliphatic heterocycles. The second-order valence-electron chi connectivity index (χ2n) is 5.49. The Labute approximate surface area is 166 Å². The van der Waals surface area contributed by atoms with Crippen LogP contribution in [0.25, 0.3) is 0 Å². The first-order valence-electron chi connectivity index (χ1n) is 8.56. The topological polar surface area (TPSA) is 87.9 Å². The summed E-state index contributed by atoms with van der Waals surface area (Å²) >= 11 is 5.93. The van der Waals surface area contributed by atoms with Gasteiger partial charge in [0.05, 0.1) is 12.8 Å². The van der Waals surface area contributed by atoms with E-state index in [9.17, 15) is 13.6 Å². The van der Waals surface area contributed by atoms with Gasteiger partial charge < -0.3 is 25.1 Å². The van der Waals surface area contributed by atoms with Crippen molar-refractivity contribution in [2.45, 2.75) is 20.1 Å². The van der Waals surface area contributed by atoms with Gasteiger partial charge in [0.1, 0.15) is 5.75 Å². The van der Waals surface area contributed by atoms with E-state index in [0.717, 1.165) is 0 Å². The molecule has 10 heteroatoms. The van der Waals surface area contributed by atoms with Crippen molar-refractivity contribution in [3.63, 3.8) is 0 Å². The van der Waals surface area contributed by atoms with Gasteiger partial charge in [-0.15, -0.1) is 0 Å². The zero-order valence-corrected chi connectivity index (χ0v) is 15.9. The first kappa shape index (κ1) is 21.5. The fourth-order valence-corrected chi connectivity index (χ4v) is 2.44. The molecule has 0 bridgehead atoms. The van der Waals surface area contributed by atoms with Gasteiger partial charge >= 0.3 is 6.61 Å². The molecule has 0 spiro atoms. The van der Waals surface area contributed by atoms with E-state index in [-0.39, 0.29) is 24.0 Å². The summed E-state index contributed by atoms with van der Waals surface area (Å²) in [4.78, 5) is 16.1. The molecule has 0 aliphatic rings. The summed E-state index contributed by atoms with van der Waals surface area (Å²) in [5, 5.41) is 9.16. The maximum absolute atomic E-state index is 12.5. The number of furan rings is 1. The van der Waals surface area contributed by atoms with Crippen molar-refractivity contribution in [2.75, 3.05) is 19.6 Å². The molecule has 0 unspecified atom stereocenters. The maximum atomic E-state index is 12.5. The summed E-state index contributed by atoms with van der Waals surface area (Å²) in [6.07, 6.45) is 1.42. The van der Waals surface area contributed by atoms with Crippen molar-refractivity contribution in [3.8, 4) is 5.75 Å². The van der Waals surface area contributed by atoms with E-state index in [0.29, 0.717) is 36.2 Å². The molecular formula is C18H21ClF2N4O3. The van der Waals surface area contributed by atoms with Crippen LogP contribution in [0.5, 0.6) is 5.75 Å². The van der Waals surface area contributed by atoms with Crippen molar-refractivity contribution in [3.05, 3.63) is 52.9 Å². The van der Waals surface area contributed by atoms with Gasteiger partial charge in [0, 0.05) is 30.2 Å². The van der Waals surface area contributed by atoms with Gasteiger partial charge in [0.25, 0.3) is 5.91 Å². The predicted octanol–water partition coefficient (Wildman–Crippen LogP) is 3.02. The number of hydrogen-bond acceptors (Lipinski definition) is 4. The number of amides is 1. The van der Waals surface area contributed by atoms with Gasteiger partial charge in [-0.1, -0.05) is 11.6 Å². The average Bonchev–Trinajstić information content (AvgIpc) is 3.19. The number of alkyl halides is 2. The SMILES string of the molecule is CCNC(=NCc1cc(Cl)ccc1OC(F)F)NCCNC(=O)c1ccco1. The Hall–Kier alpha value is -2.81. The third-order valence-corrected chi connectivity index (χ3v) is 3.67. The maximum Gasteiger partial charge on any atom is 0.387 e. The Kier molecular flexibility index (Phi) is 8.54. The fraction of sp³-hybridized carbons (Fsp3) is 0.333. The number of halogens is 3. The Bertz CT molecular complexity index is 785. The molecule has 0 aliphatic carbocycles. The number of carbonyl (C=O) groups excluding carboxylic acids is 1. The average molecular weight is 415 g/mol. The van der Waals surface area contributed by atoms with E-state index in [1.165, 1.54) is 24.5 Å². The molecule has 0 radical (unpaired) electrons. The number of aliphatic imine (C=N–C) groups is 1. The van der Waals surface area contributed by atoms with Gasteiger partial charge in [-0.2, -0.15) is 8.78 Å². The monoisotopic (exact) mass is 414 g/mol. The van der Waals surface area contributed by atoms with Crippen LogP contribution in [-0.4, -0.2) is 38.1 Å². The lowest BCUT2D eigenvalue weighted by Gasteiger charge is -2.13. The zero-order chi connectivity index (χ0) is 20.4. The first-order chi connectivity index (χ1) is 13.5. The van der Waals surface area contributed by atoms with Crippen molar-refractivity contribution >= 4 is 23.5 Å². The number of guanidine groups is 1. The molecule has 0 fully saturated rings. The lowest BCUT2D eigenvalue weighted by Crippen LogP contribution is -2.41. The van der Waals surface area contributed by atoms with E-state index < -0.39 is 6.61 Å². The van der Waals surface area contributed by atoms with Crippen molar-refractivity contribution in [2.24, 2.45) is 4.99 Å². The van der Waals surface area contributed by atoms with Crippen LogP contribution in [0.2, 0.25) is 5.02 Å². The molecule has 28 heavy (non-hydrogen) atoms. The Morgan fingerprint density at radius 3 is 2.71 bits per heavy atom. The van der Waals surface area contributed by atoms with Crippen molar-refractivity contribution < 1.29 is 22.7 Å². The number of nitrogens with one attached hydrogen (secondary N) is 3. The second-order valence-corrected chi connectivity index (χ2v) is 5.92. The smallest absolute Gasteiger partial charge is 0.387 e. The van der Waals surface area contributed by atoms with Crippen molar-refractivity contribution in [1.82, 2.24) is 16.0 Å². The molecule has 3 N–H and O–H groups in total. The Morgan fingerprint density at radius 1 is 1.25 bits per heavy atom. The molecule has 0 saturated heterocycles. The van der Waals surface area contributed by atoms with E-state index >= 15 is 0 Å². The normalized spacial score (nSPS) is 11.4. The van der Waals surface area contributed by atoms with Crippen LogP contribution in [-0.2, 0) is 6.54 Å². The number of nitrogens with zero attached hydrogens (tertiary/aromatic N) is 1. The molecular weight excluding hydrogens is 394 g/mol. The Balaban J connectivity index is 1.91. The molecule has 1 aromatic carbocycles. The minimum Gasteiger partial charge on any atom is -0.459 e. The highest BCUT2D eigenvalue weighted by Crippen LogP contribution is 2.25. The summed E-state index contributed by atoms with van der Waals surface area (Å²) in [5.74, 6) is 0.386. The third-order valence-electron chi connectivity index (χ3n) is 3.44. The number of benzene rings is 1. The number of ether oxygens (including phenoxy) is 1. The van der Waals surface area contributed by atoms with Crippen molar-refractivity contribution in [1.29, 1.82) is 0 Å². The van der Waals surface area contributed by atoms with Crippen LogP contribution in [0.1, 0.15) is 23.0 Å². The molecule has 152 valence electrons. The molecule has 2 aromatic rings. The van der Waals surface area contributed by atoms with E-state index in [1.807, 2.05) is 6.92 Å². The van der Waals surface area contributed by atoms with Gasteiger partial charge in [-0.05, 0) is 37.3 Å². The van der Waals surface area contributed by atoms with Crippen LogP contribution in [0.4, 0.5) is 8.78 Å². The summed E-state index contributed by atoms with van der Waals surface area (Å²) in [5.41, 5.74) is 0.427. The van der Waals surface area contributed by atoms with Crippen LogP contribution >= 0.6 is 11.6 Å². The lowest BCUT2D eigenvalue weighted by molar-refractivity contribution is -0.0504. The summed E-state index contributed by atoms with van der Waals surface area (Å²) in [6.45, 7) is 0.362. The summed E-state index contributed by atoms with van der Waals surface area (Å²) in [6, 6.07) is 7.57. The quantitative estimate of drug-likeness (QED) is 0.333. The molecule has 7 nitrogen and oxygen atoms in total. The molecule has 1 heterocycles. The number of rotatable bonds is 9. The minimum absolute atomic E-state index is 0.0182. The fourth-order valence-electron chi connectivity index (χ4n) is 2.24. The summed E-state index contributed by atoms with van der Waals surface area (Å²) in [7, 11) is 0. The Morgan fingerprint density at radius 2 is 2.04 bits per heavy atom. The standard InChI is InChI=1S/C18H21ClF2N4O3/c1-2-22-18(24-8-7-23-16(26)15-4-3-9-27-15)25-11-12-10-13(19)5-6-14(12)28-17(20)21/h3-6,9-10,17H,2,7-8,11H2,1H3,(H,23,26)(H2,22,24,25). The van der Waals surface area contributed by atoms with Gasteiger partial charge in [0.2, 0.25) is 0 Å². The van der Waals surface area contributed by atoms with Gasteiger partial charge in [-0.3, -0.25) is 4.79 Å². The van der Waals surface area contributed by atoms with E-state index in [4.69, 9.17) is 16.0 Å². The highest BCUT2D eigenvalue weighted by molar-refractivity contribution is 6.30. The third kappa shape index (κ3) is 7.07. The molecule has 1 amide bonds. The zero-order valence-electron chi connectivity index (χ0n) is 15.2. The van der Waals surface area contributed by atoms with Gasteiger partial charge in [-0.25, -0.2) is 4.99 Å². The highest BCUT2D eigenvalue weighted by atomic mass is 35.5. The molecule has 0 saturated carbocycles. The lowest BCUT2D eigenvalue weighted by atomic mass is 10.2. The predicted molar refractivity (Wildman–Crippen MR) is 102 cm³/mol. The number of carbonyl (C=O) groups is 1. The molecule has 2 rings (SSSR count). The van der Waals surface area contributed by atoms with Crippen LogP contribution in [0.3, 0.4) is 0 Å². The summed E-state index contributed by atoms with van der Waals surface area (Å²) < 4.78 is 34.6. The second kappa shape index (κ2) is 11.1. The minimum atomic E-state index is -2.94. The van der Waals surface area contributed by atoms with E-state index in [1.54, 1.807) is 12.1 Å². The van der Waals surface area contributed by atoms with Crippen LogP contribution in [0.15, 0.2) is 46.0 Å². The largest absolute Gasteiger partial charge is 0.459 e. The number of hydrogen-bond donors (Lipinski definition) is 3. The molecule has 1 aromatic heterocycles. The molecule has 0 atom stereocenters. The van der Waals surface area contributed by atoms with Crippen LogP contribution in [0, 0.1) is 0 Å². The first-order valence-corrected chi connectivity index (χ1v) is 8.94.